The van der Waals surface area contributed by atoms with Crippen molar-refractivity contribution in [2.24, 2.45) is 23.2 Å². The monoisotopic (exact) mass is 521 g/mol. The van der Waals surface area contributed by atoms with E-state index in [9.17, 15) is 15.3 Å². The van der Waals surface area contributed by atoms with Crippen molar-refractivity contribution < 1.29 is 19.7 Å². The van der Waals surface area contributed by atoms with Crippen LogP contribution in [0.1, 0.15) is 96.6 Å². The molecule has 5 nitrogen and oxygen atoms in total. The van der Waals surface area contributed by atoms with Crippen LogP contribution in [0.25, 0.3) is 0 Å². The third-order valence-electron chi connectivity index (χ3n) is 10.4. The summed E-state index contributed by atoms with van der Waals surface area (Å²) in [7, 11) is 0. The highest BCUT2D eigenvalue weighted by Crippen LogP contribution is 2.60. The van der Waals surface area contributed by atoms with E-state index in [-0.39, 0.29) is 10.8 Å². The fourth-order valence-electron chi connectivity index (χ4n) is 7.88. The summed E-state index contributed by atoms with van der Waals surface area (Å²) >= 11 is 0. The van der Waals surface area contributed by atoms with Crippen molar-refractivity contribution in [2.45, 2.75) is 115 Å². The molecule has 38 heavy (non-hydrogen) atoms. The highest BCUT2D eigenvalue weighted by molar-refractivity contribution is 5.38. The third kappa shape index (κ3) is 5.14. The average molecular weight is 522 g/mol. The van der Waals surface area contributed by atoms with E-state index in [4.69, 9.17) is 4.42 Å². The van der Waals surface area contributed by atoms with E-state index < -0.39 is 18.3 Å². The smallest absolute Gasteiger partial charge is 0.203 e. The van der Waals surface area contributed by atoms with Gasteiger partial charge in [-0.2, -0.15) is 0 Å². The highest BCUT2D eigenvalue weighted by Gasteiger charge is 2.54. The van der Waals surface area contributed by atoms with Crippen LogP contribution < -0.4 is 0 Å². The Morgan fingerprint density at radius 2 is 1.97 bits per heavy atom. The first kappa shape index (κ1) is 27.6. The Labute approximate surface area is 228 Å². The summed E-state index contributed by atoms with van der Waals surface area (Å²) in [4.78, 5) is 4.53. The summed E-state index contributed by atoms with van der Waals surface area (Å²) < 4.78 is 6.01. The molecule has 5 rings (SSSR count). The van der Waals surface area contributed by atoms with Crippen LogP contribution in [0.3, 0.4) is 0 Å². The second-order valence-electron chi connectivity index (χ2n) is 12.9. The van der Waals surface area contributed by atoms with Gasteiger partial charge >= 0.3 is 0 Å². The molecule has 0 unspecified atom stereocenters. The summed E-state index contributed by atoms with van der Waals surface area (Å²) in [6.45, 7) is 11.0. The number of aliphatic hydroxyl groups excluding tert-OH is 3. The van der Waals surface area contributed by atoms with E-state index in [0.717, 1.165) is 49.0 Å². The van der Waals surface area contributed by atoms with E-state index in [1.54, 1.807) is 0 Å². The summed E-state index contributed by atoms with van der Waals surface area (Å²) in [6.07, 6.45) is 19.5. The van der Waals surface area contributed by atoms with Gasteiger partial charge in [-0.15, -0.1) is 0 Å². The topological polar surface area (TPSA) is 86.7 Å². The van der Waals surface area contributed by atoms with Gasteiger partial charge in [0.1, 0.15) is 5.76 Å². The molecule has 0 bridgehead atoms. The van der Waals surface area contributed by atoms with Gasteiger partial charge in [-0.3, -0.25) is 0 Å². The molecule has 0 aliphatic heterocycles. The Morgan fingerprint density at radius 3 is 2.71 bits per heavy atom. The maximum Gasteiger partial charge on any atom is 0.203 e. The number of allylic oxidation sites excluding steroid dienone is 4. The molecule has 0 spiro atoms. The van der Waals surface area contributed by atoms with Crippen molar-refractivity contribution in [3.05, 3.63) is 65.5 Å². The van der Waals surface area contributed by atoms with Gasteiger partial charge in [0.05, 0.1) is 29.9 Å². The van der Waals surface area contributed by atoms with E-state index in [2.05, 4.69) is 50.6 Å². The van der Waals surface area contributed by atoms with Crippen molar-refractivity contribution >= 4 is 0 Å². The van der Waals surface area contributed by atoms with E-state index >= 15 is 0 Å². The largest absolute Gasteiger partial charge is 0.445 e. The molecule has 5 heteroatoms. The SMILES string of the molecule is C=C1/C(=C/C=C2/CCC[C@]3(C)[C@@H]([C@H](C)/C=C/[C@H](O)C4(c5ncc(CCC)o5)CC4)CC[C@@H]23)C[C@@H](O)C[C@@H]1O. The van der Waals surface area contributed by atoms with E-state index in [0.29, 0.717) is 36.5 Å². The van der Waals surface area contributed by atoms with Gasteiger partial charge in [-0.05, 0) is 92.1 Å². The first-order valence-electron chi connectivity index (χ1n) is 14.9. The van der Waals surface area contributed by atoms with Crippen LogP contribution in [0.2, 0.25) is 0 Å². The molecule has 0 amide bonds. The Kier molecular flexibility index (Phi) is 7.92. The minimum absolute atomic E-state index is 0.245. The number of nitrogens with zero attached hydrogens (tertiary/aromatic N) is 1. The Balaban J connectivity index is 1.27. The highest BCUT2D eigenvalue weighted by atomic mass is 16.4. The number of aryl methyl sites for hydroxylation is 1. The first-order chi connectivity index (χ1) is 18.2. The van der Waals surface area contributed by atoms with Gasteiger partial charge in [-0.25, -0.2) is 4.98 Å². The molecule has 0 radical (unpaired) electrons. The molecule has 7 atom stereocenters. The number of hydrogen-bond acceptors (Lipinski definition) is 5. The number of aliphatic hydroxyl groups is 3. The molecule has 1 aromatic rings. The zero-order valence-electron chi connectivity index (χ0n) is 23.5. The fourth-order valence-corrected chi connectivity index (χ4v) is 7.88. The van der Waals surface area contributed by atoms with Crippen molar-refractivity contribution in [1.29, 1.82) is 0 Å². The van der Waals surface area contributed by atoms with E-state index in [1.165, 1.54) is 31.3 Å². The molecule has 208 valence electrons. The minimum Gasteiger partial charge on any atom is -0.445 e. The lowest BCUT2D eigenvalue weighted by Crippen LogP contribution is -2.35. The standard InChI is InChI=1S/C33H47NO4/c1-5-7-26-20-34-31(38-26)33(16-17-33)30(37)14-9-21(2)27-12-13-28-23(8-6-15-32(27,28)4)10-11-24-18-25(35)19-29(36)22(24)3/h9-11,14,20-21,25,27-30,35-37H,3,5-8,12-13,15-19H2,1-2,4H3/b14-9+,23-10-,24-11+/t21-,25-,27-,28+,29+,30+,32-/m1/s1. The lowest BCUT2D eigenvalue weighted by molar-refractivity contribution is 0.0862. The Morgan fingerprint density at radius 1 is 1.18 bits per heavy atom. The van der Waals surface area contributed by atoms with Crippen LogP contribution >= 0.6 is 0 Å². The quantitative estimate of drug-likeness (QED) is 0.347. The summed E-state index contributed by atoms with van der Waals surface area (Å²) in [5.74, 6) is 3.14. The second-order valence-corrected chi connectivity index (χ2v) is 12.9. The molecule has 4 saturated carbocycles. The van der Waals surface area contributed by atoms with Crippen LogP contribution in [-0.2, 0) is 11.8 Å². The molecule has 4 aliphatic rings. The molecule has 1 heterocycles. The van der Waals surface area contributed by atoms with Crippen molar-refractivity contribution in [1.82, 2.24) is 4.98 Å². The van der Waals surface area contributed by atoms with Gasteiger partial charge in [0.2, 0.25) is 5.89 Å². The Bertz CT molecular complexity index is 1110. The van der Waals surface area contributed by atoms with Crippen molar-refractivity contribution in [3.63, 3.8) is 0 Å². The molecule has 0 aromatic carbocycles. The molecule has 0 saturated heterocycles. The van der Waals surface area contributed by atoms with Gasteiger partial charge in [-0.1, -0.05) is 57.2 Å². The maximum absolute atomic E-state index is 11.2. The van der Waals surface area contributed by atoms with Crippen LogP contribution in [0.5, 0.6) is 0 Å². The third-order valence-corrected chi connectivity index (χ3v) is 10.4. The van der Waals surface area contributed by atoms with Crippen LogP contribution in [0, 0.1) is 23.2 Å². The van der Waals surface area contributed by atoms with Gasteiger partial charge in [0, 0.05) is 12.8 Å². The predicted octanol–water partition coefficient (Wildman–Crippen LogP) is 6.35. The fraction of sp³-hybridized carbons (Fsp3) is 0.667. The molecule has 1 aromatic heterocycles. The van der Waals surface area contributed by atoms with Gasteiger partial charge in [0.15, 0.2) is 0 Å². The van der Waals surface area contributed by atoms with Crippen molar-refractivity contribution in [2.75, 3.05) is 0 Å². The lowest BCUT2D eigenvalue weighted by Gasteiger charge is -2.44. The van der Waals surface area contributed by atoms with Gasteiger partial charge in [0.25, 0.3) is 0 Å². The predicted molar refractivity (Wildman–Crippen MR) is 150 cm³/mol. The average Bonchev–Trinajstić information content (AvgIpc) is 3.42. The normalized spacial score (nSPS) is 36.6. The minimum atomic E-state index is -0.643. The van der Waals surface area contributed by atoms with Crippen LogP contribution in [0.4, 0.5) is 0 Å². The van der Waals surface area contributed by atoms with Gasteiger partial charge < -0.3 is 19.7 Å². The molecule has 4 fully saturated rings. The molecule has 3 N–H and O–H groups in total. The first-order valence-corrected chi connectivity index (χ1v) is 14.9. The number of aromatic nitrogens is 1. The molecular weight excluding hydrogens is 474 g/mol. The molecule has 4 aliphatic carbocycles. The summed E-state index contributed by atoms with van der Waals surface area (Å²) in [5.41, 5.74) is 3.15. The summed E-state index contributed by atoms with van der Waals surface area (Å²) in [6, 6.07) is 0. The number of rotatable bonds is 8. The van der Waals surface area contributed by atoms with Crippen LogP contribution in [0.15, 0.2) is 58.2 Å². The van der Waals surface area contributed by atoms with Crippen molar-refractivity contribution in [3.8, 4) is 0 Å². The lowest BCUT2D eigenvalue weighted by atomic mass is 9.61. The molecular formula is C33H47NO4. The maximum atomic E-state index is 11.2. The number of oxazole rings is 1. The van der Waals surface area contributed by atoms with Crippen LogP contribution in [-0.4, -0.2) is 38.6 Å². The van der Waals surface area contributed by atoms with E-state index in [1.807, 2.05) is 12.3 Å². The number of hydrogen-bond donors (Lipinski definition) is 3. The zero-order valence-corrected chi connectivity index (χ0v) is 23.5. The Hall–Kier alpha value is -1.95. The number of fused-ring (bicyclic) bond motifs is 1. The second kappa shape index (κ2) is 10.9. The zero-order chi connectivity index (χ0) is 27.1. The summed E-state index contributed by atoms with van der Waals surface area (Å²) in [5, 5.41) is 31.5.